The van der Waals surface area contributed by atoms with Crippen LogP contribution < -0.4 is 14.2 Å². The molecule has 0 saturated heterocycles. The van der Waals surface area contributed by atoms with E-state index >= 15 is 0 Å². The van der Waals surface area contributed by atoms with E-state index in [4.69, 9.17) is 14.2 Å². The molecule has 28 heavy (non-hydrogen) atoms. The highest BCUT2D eigenvalue weighted by Gasteiger charge is 2.07. The molecule has 4 nitrogen and oxygen atoms in total. The van der Waals surface area contributed by atoms with Crippen molar-refractivity contribution in [2.45, 2.75) is 13.5 Å². The first-order chi connectivity index (χ1) is 13.7. The second-order valence-corrected chi connectivity index (χ2v) is 6.93. The fourth-order valence-electron chi connectivity index (χ4n) is 2.55. The van der Waals surface area contributed by atoms with Crippen molar-refractivity contribution in [3.8, 4) is 17.2 Å². The molecule has 0 bridgehead atoms. The molecule has 0 aliphatic rings. The number of nitrogens with zero attached hydrogens (tertiary/aromatic N) is 1. The smallest absolute Gasteiger partial charge is 0.161 e. The average molecular weight is 440 g/mol. The van der Waals surface area contributed by atoms with E-state index in [1.165, 1.54) is 0 Å². The van der Waals surface area contributed by atoms with Crippen molar-refractivity contribution in [3.05, 3.63) is 82.3 Å². The molecule has 0 unspecified atom stereocenters. The van der Waals surface area contributed by atoms with E-state index in [9.17, 15) is 0 Å². The highest BCUT2D eigenvalue weighted by atomic mass is 79.9. The summed E-state index contributed by atoms with van der Waals surface area (Å²) in [5.74, 6) is 2.23. The molecular weight excluding hydrogens is 418 g/mol. The van der Waals surface area contributed by atoms with Gasteiger partial charge in [0.1, 0.15) is 12.4 Å². The largest absolute Gasteiger partial charge is 0.497 e. The Balaban J connectivity index is 1.72. The van der Waals surface area contributed by atoms with Gasteiger partial charge in [-0.1, -0.05) is 28.1 Å². The Bertz CT molecular complexity index is 922. The van der Waals surface area contributed by atoms with Gasteiger partial charge in [0.05, 0.1) is 19.4 Å². The summed E-state index contributed by atoms with van der Waals surface area (Å²) < 4.78 is 17.9. The number of methoxy groups -OCH3 is 1. The zero-order valence-electron chi connectivity index (χ0n) is 15.9. The van der Waals surface area contributed by atoms with Gasteiger partial charge in [-0.3, -0.25) is 4.99 Å². The SMILES string of the molecule is CCOc1cc(C=Nc2ccc(OC)cc2)ccc1OCc1ccc(Br)cc1. The lowest BCUT2D eigenvalue weighted by Gasteiger charge is -2.12. The first-order valence-electron chi connectivity index (χ1n) is 9.00. The minimum absolute atomic E-state index is 0.479. The van der Waals surface area contributed by atoms with Crippen LogP contribution in [0.4, 0.5) is 5.69 Å². The van der Waals surface area contributed by atoms with E-state index in [0.29, 0.717) is 24.7 Å². The second kappa shape index (κ2) is 9.95. The normalized spacial score (nSPS) is 10.8. The van der Waals surface area contributed by atoms with E-state index in [1.807, 2.05) is 79.9 Å². The number of ether oxygens (including phenoxy) is 3. The summed E-state index contributed by atoms with van der Waals surface area (Å²) in [6, 6.07) is 21.5. The number of hydrogen-bond donors (Lipinski definition) is 0. The van der Waals surface area contributed by atoms with Gasteiger partial charge in [0.2, 0.25) is 0 Å². The van der Waals surface area contributed by atoms with E-state index in [-0.39, 0.29) is 0 Å². The monoisotopic (exact) mass is 439 g/mol. The molecular formula is C23H22BrNO3. The first kappa shape index (κ1) is 20.0. The van der Waals surface area contributed by atoms with Crippen molar-refractivity contribution in [1.29, 1.82) is 0 Å². The predicted octanol–water partition coefficient (Wildman–Crippen LogP) is 6.19. The second-order valence-electron chi connectivity index (χ2n) is 6.01. The summed E-state index contributed by atoms with van der Waals surface area (Å²) >= 11 is 3.44. The third kappa shape index (κ3) is 5.60. The topological polar surface area (TPSA) is 40.0 Å². The van der Waals surface area contributed by atoms with Gasteiger partial charge in [0, 0.05) is 10.7 Å². The maximum absolute atomic E-state index is 5.96. The van der Waals surface area contributed by atoms with Gasteiger partial charge in [-0.15, -0.1) is 0 Å². The van der Waals surface area contributed by atoms with E-state index in [2.05, 4.69) is 20.9 Å². The van der Waals surface area contributed by atoms with Crippen LogP contribution in [-0.2, 0) is 6.61 Å². The van der Waals surface area contributed by atoms with Crippen molar-refractivity contribution in [3.63, 3.8) is 0 Å². The summed E-state index contributed by atoms with van der Waals surface area (Å²) in [6.45, 7) is 3.00. The van der Waals surface area contributed by atoms with Crippen LogP contribution in [0.15, 0.2) is 76.2 Å². The third-order valence-corrected chi connectivity index (χ3v) is 4.54. The first-order valence-corrected chi connectivity index (χ1v) is 9.79. The third-order valence-electron chi connectivity index (χ3n) is 4.01. The fraction of sp³-hybridized carbons (Fsp3) is 0.174. The molecule has 5 heteroatoms. The fourth-order valence-corrected chi connectivity index (χ4v) is 2.82. The maximum atomic E-state index is 5.96. The van der Waals surface area contributed by atoms with Gasteiger partial charge in [-0.05, 0) is 72.6 Å². The number of hydrogen-bond acceptors (Lipinski definition) is 4. The molecule has 0 amide bonds. The van der Waals surface area contributed by atoms with Crippen molar-refractivity contribution in [1.82, 2.24) is 0 Å². The van der Waals surface area contributed by atoms with Gasteiger partial charge in [0.15, 0.2) is 11.5 Å². The molecule has 0 saturated carbocycles. The Morgan fingerprint density at radius 3 is 2.32 bits per heavy atom. The number of benzene rings is 3. The van der Waals surface area contributed by atoms with Crippen molar-refractivity contribution >= 4 is 27.8 Å². The lowest BCUT2D eigenvalue weighted by atomic mass is 10.2. The molecule has 3 aromatic carbocycles. The molecule has 0 heterocycles. The summed E-state index contributed by atoms with van der Waals surface area (Å²) in [5.41, 5.74) is 2.89. The Morgan fingerprint density at radius 1 is 0.893 bits per heavy atom. The highest BCUT2D eigenvalue weighted by molar-refractivity contribution is 9.10. The molecule has 0 atom stereocenters. The van der Waals surface area contributed by atoms with Crippen LogP contribution in [0.1, 0.15) is 18.1 Å². The average Bonchev–Trinajstić information content (AvgIpc) is 2.73. The standard InChI is InChI=1S/C23H22BrNO3/c1-3-27-23-14-18(15-25-20-9-11-21(26-2)12-10-20)6-13-22(23)28-16-17-4-7-19(24)8-5-17/h4-15H,3,16H2,1-2H3. The summed E-state index contributed by atoms with van der Waals surface area (Å²) in [4.78, 5) is 4.50. The lowest BCUT2D eigenvalue weighted by Crippen LogP contribution is -2.00. The van der Waals surface area contributed by atoms with Crippen LogP contribution in [0.2, 0.25) is 0 Å². The zero-order chi connectivity index (χ0) is 19.8. The van der Waals surface area contributed by atoms with E-state index < -0.39 is 0 Å². The zero-order valence-corrected chi connectivity index (χ0v) is 17.5. The van der Waals surface area contributed by atoms with Crippen LogP contribution in [-0.4, -0.2) is 19.9 Å². The number of aliphatic imine (C=N–C) groups is 1. The van der Waals surface area contributed by atoms with Crippen molar-refractivity contribution in [2.75, 3.05) is 13.7 Å². The van der Waals surface area contributed by atoms with Crippen LogP contribution in [0, 0.1) is 0 Å². The Labute approximate surface area is 173 Å². The molecule has 0 spiro atoms. The van der Waals surface area contributed by atoms with Crippen LogP contribution in [0.3, 0.4) is 0 Å². The van der Waals surface area contributed by atoms with Crippen molar-refractivity contribution < 1.29 is 14.2 Å². The molecule has 0 radical (unpaired) electrons. The summed E-state index contributed by atoms with van der Waals surface area (Å²) in [7, 11) is 1.65. The molecule has 3 rings (SSSR count). The van der Waals surface area contributed by atoms with Gasteiger partial charge in [-0.25, -0.2) is 0 Å². The van der Waals surface area contributed by atoms with Gasteiger partial charge in [-0.2, -0.15) is 0 Å². The highest BCUT2D eigenvalue weighted by Crippen LogP contribution is 2.29. The Kier molecular flexibility index (Phi) is 7.09. The van der Waals surface area contributed by atoms with Gasteiger partial charge >= 0.3 is 0 Å². The van der Waals surface area contributed by atoms with Crippen LogP contribution >= 0.6 is 15.9 Å². The number of rotatable bonds is 8. The van der Waals surface area contributed by atoms with Gasteiger partial charge < -0.3 is 14.2 Å². The Morgan fingerprint density at radius 2 is 1.64 bits per heavy atom. The molecule has 0 aliphatic heterocycles. The van der Waals surface area contributed by atoms with Crippen LogP contribution in [0.5, 0.6) is 17.2 Å². The molecule has 144 valence electrons. The minimum atomic E-state index is 0.479. The van der Waals surface area contributed by atoms with E-state index in [0.717, 1.165) is 27.0 Å². The molecule has 0 fully saturated rings. The van der Waals surface area contributed by atoms with E-state index in [1.54, 1.807) is 7.11 Å². The lowest BCUT2D eigenvalue weighted by molar-refractivity contribution is 0.269. The van der Waals surface area contributed by atoms with Crippen molar-refractivity contribution in [2.24, 2.45) is 4.99 Å². The molecule has 0 aliphatic carbocycles. The predicted molar refractivity (Wildman–Crippen MR) is 116 cm³/mol. The van der Waals surface area contributed by atoms with Gasteiger partial charge in [0.25, 0.3) is 0 Å². The maximum Gasteiger partial charge on any atom is 0.161 e. The summed E-state index contributed by atoms with van der Waals surface area (Å²) in [5, 5.41) is 0. The van der Waals surface area contributed by atoms with Crippen LogP contribution in [0.25, 0.3) is 0 Å². The number of halogens is 1. The summed E-state index contributed by atoms with van der Waals surface area (Å²) in [6.07, 6.45) is 1.81. The quantitative estimate of drug-likeness (QED) is 0.393. The molecule has 0 N–H and O–H groups in total. The molecule has 0 aromatic heterocycles. The molecule has 3 aromatic rings. The minimum Gasteiger partial charge on any atom is -0.497 e. The Hall–Kier alpha value is -2.79.